The molecule has 0 bridgehead atoms. The van der Waals surface area contributed by atoms with E-state index < -0.39 is 6.10 Å². The maximum atomic E-state index is 10.3. The number of hydrogen-bond donors (Lipinski definition) is 1. The Hall–Kier alpha value is -2.10. The summed E-state index contributed by atoms with van der Waals surface area (Å²) in [4.78, 5) is 5.58. The Morgan fingerprint density at radius 2 is 1.43 bits per heavy atom. The Kier molecular flexibility index (Phi) is 4.34. The van der Waals surface area contributed by atoms with E-state index in [4.69, 9.17) is 0 Å². The fraction of sp³-hybridized carbons (Fsp3) is 0.0556. The molecule has 0 amide bonds. The predicted molar refractivity (Wildman–Crippen MR) is 85.3 cm³/mol. The van der Waals surface area contributed by atoms with Gasteiger partial charge in [-0.25, -0.2) is 4.98 Å². The minimum atomic E-state index is -0.630. The zero-order chi connectivity index (χ0) is 14.5. The molecule has 1 aromatic heterocycles. The fourth-order valence-corrected chi connectivity index (χ4v) is 2.83. The van der Waals surface area contributed by atoms with E-state index in [9.17, 15) is 5.11 Å². The van der Waals surface area contributed by atoms with Crippen LogP contribution in [0.15, 0.2) is 88.9 Å². The van der Waals surface area contributed by atoms with E-state index in [1.165, 1.54) is 0 Å². The molecule has 1 heterocycles. The van der Waals surface area contributed by atoms with Crippen molar-refractivity contribution in [3.8, 4) is 0 Å². The van der Waals surface area contributed by atoms with Crippen molar-refractivity contribution >= 4 is 11.8 Å². The highest BCUT2D eigenvalue weighted by Gasteiger charge is 2.10. The average molecular weight is 293 g/mol. The number of rotatable bonds is 4. The van der Waals surface area contributed by atoms with Crippen molar-refractivity contribution in [1.82, 2.24) is 4.98 Å². The number of nitrogens with zero attached hydrogens (tertiary/aromatic N) is 1. The molecule has 0 radical (unpaired) electrons. The molecule has 0 unspecified atom stereocenters. The smallest absolute Gasteiger partial charge is 0.106 e. The summed E-state index contributed by atoms with van der Waals surface area (Å²) in [5.74, 6) is 0. The summed E-state index contributed by atoms with van der Waals surface area (Å²) in [6.45, 7) is 0. The van der Waals surface area contributed by atoms with E-state index in [1.807, 2.05) is 60.7 Å². The van der Waals surface area contributed by atoms with Gasteiger partial charge in [-0.05, 0) is 23.8 Å². The standard InChI is InChI=1S/C18H15NOS/c20-18(14-7-3-1-4-8-14)15-11-12-17(19-13-15)21-16-9-5-2-6-10-16/h1-13,18,20H/t18-/m0/s1. The Bertz CT molecular complexity index is 683. The second-order valence-electron chi connectivity index (χ2n) is 4.66. The van der Waals surface area contributed by atoms with Gasteiger partial charge < -0.3 is 5.11 Å². The molecule has 0 saturated heterocycles. The first-order valence-electron chi connectivity index (χ1n) is 6.75. The molecule has 0 aliphatic heterocycles. The summed E-state index contributed by atoms with van der Waals surface area (Å²) in [6.07, 6.45) is 1.11. The number of aliphatic hydroxyl groups is 1. The summed E-state index contributed by atoms with van der Waals surface area (Å²) >= 11 is 1.61. The van der Waals surface area contributed by atoms with E-state index >= 15 is 0 Å². The van der Waals surface area contributed by atoms with Gasteiger partial charge in [0, 0.05) is 16.7 Å². The molecule has 1 N–H and O–H groups in total. The third kappa shape index (κ3) is 3.51. The van der Waals surface area contributed by atoms with Gasteiger partial charge in [-0.3, -0.25) is 0 Å². The van der Waals surface area contributed by atoms with Gasteiger partial charge in [0.25, 0.3) is 0 Å². The highest BCUT2D eigenvalue weighted by atomic mass is 32.2. The Morgan fingerprint density at radius 1 is 0.762 bits per heavy atom. The van der Waals surface area contributed by atoms with Crippen LogP contribution in [0, 0.1) is 0 Å². The van der Waals surface area contributed by atoms with Crippen LogP contribution >= 0.6 is 11.8 Å². The number of pyridine rings is 1. The summed E-state index contributed by atoms with van der Waals surface area (Å²) < 4.78 is 0. The fourth-order valence-electron chi connectivity index (χ4n) is 2.05. The molecular formula is C18H15NOS. The van der Waals surface area contributed by atoms with Crippen LogP contribution in [0.3, 0.4) is 0 Å². The third-order valence-corrected chi connectivity index (χ3v) is 4.11. The molecule has 0 fully saturated rings. The number of benzene rings is 2. The van der Waals surface area contributed by atoms with Gasteiger partial charge in [0.1, 0.15) is 11.1 Å². The van der Waals surface area contributed by atoms with Crippen molar-refractivity contribution < 1.29 is 5.11 Å². The van der Waals surface area contributed by atoms with Gasteiger partial charge in [0.05, 0.1) is 0 Å². The third-order valence-electron chi connectivity index (χ3n) is 3.16. The van der Waals surface area contributed by atoms with Gasteiger partial charge in [0.2, 0.25) is 0 Å². The lowest BCUT2D eigenvalue weighted by Crippen LogP contribution is -1.99. The molecule has 0 spiro atoms. The molecule has 2 nitrogen and oxygen atoms in total. The zero-order valence-electron chi connectivity index (χ0n) is 11.4. The lowest BCUT2D eigenvalue weighted by Gasteiger charge is -2.11. The van der Waals surface area contributed by atoms with Gasteiger partial charge in [0.15, 0.2) is 0 Å². The summed E-state index contributed by atoms with van der Waals surface area (Å²) in [5, 5.41) is 11.2. The molecule has 104 valence electrons. The summed E-state index contributed by atoms with van der Waals surface area (Å²) in [7, 11) is 0. The van der Waals surface area contributed by atoms with Crippen LogP contribution < -0.4 is 0 Å². The van der Waals surface area contributed by atoms with Gasteiger partial charge in [-0.15, -0.1) is 0 Å². The van der Waals surface area contributed by atoms with Crippen LogP contribution in [0.4, 0.5) is 0 Å². The predicted octanol–water partition coefficient (Wildman–Crippen LogP) is 4.31. The molecule has 0 aliphatic carbocycles. The van der Waals surface area contributed by atoms with Crippen LogP contribution in [0.2, 0.25) is 0 Å². The maximum absolute atomic E-state index is 10.3. The van der Waals surface area contributed by atoms with Crippen LogP contribution in [-0.4, -0.2) is 10.1 Å². The van der Waals surface area contributed by atoms with Gasteiger partial charge >= 0.3 is 0 Å². The Balaban J connectivity index is 1.75. The molecule has 0 saturated carbocycles. The highest BCUT2D eigenvalue weighted by Crippen LogP contribution is 2.27. The molecule has 3 aromatic rings. The van der Waals surface area contributed by atoms with E-state index in [2.05, 4.69) is 17.1 Å². The van der Waals surface area contributed by atoms with Crippen LogP contribution in [0.25, 0.3) is 0 Å². The topological polar surface area (TPSA) is 33.1 Å². The van der Waals surface area contributed by atoms with E-state index in [0.717, 1.165) is 21.0 Å². The second-order valence-corrected chi connectivity index (χ2v) is 5.75. The van der Waals surface area contributed by atoms with Crippen molar-refractivity contribution in [2.24, 2.45) is 0 Å². The van der Waals surface area contributed by atoms with Gasteiger partial charge in [-0.1, -0.05) is 66.4 Å². The van der Waals surface area contributed by atoms with Crippen molar-refractivity contribution in [3.63, 3.8) is 0 Å². The lowest BCUT2D eigenvalue weighted by atomic mass is 10.0. The number of aliphatic hydroxyl groups excluding tert-OH is 1. The molecular weight excluding hydrogens is 278 g/mol. The summed E-state index contributed by atoms with van der Waals surface area (Å²) in [6, 6.07) is 23.6. The van der Waals surface area contributed by atoms with Crippen molar-refractivity contribution in [2.45, 2.75) is 16.0 Å². The van der Waals surface area contributed by atoms with Gasteiger partial charge in [-0.2, -0.15) is 0 Å². The monoisotopic (exact) mass is 293 g/mol. The summed E-state index contributed by atoms with van der Waals surface area (Å²) in [5.41, 5.74) is 1.68. The SMILES string of the molecule is O[C@@H](c1ccccc1)c1ccc(Sc2ccccc2)nc1. The first kappa shape index (κ1) is 13.9. The normalized spacial score (nSPS) is 12.0. The minimum absolute atomic E-state index is 0.630. The van der Waals surface area contributed by atoms with Crippen molar-refractivity contribution in [1.29, 1.82) is 0 Å². The number of hydrogen-bond acceptors (Lipinski definition) is 3. The highest BCUT2D eigenvalue weighted by molar-refractivity contribution is 7.99. The van der Waals surface area contributed by atoms with Crippen molar-refractivity contribution in [2.75, 3.05) is 0 Å². The van der Waals surface area contributed by atoms with Crippen LogP contribution in [0.1, 0.15) is 17.2 Å². The molecule has 21 heavy (non-hydrogen) atoms. The maximum Gasteiger partial charge on any atom is 0.106 e. The quantitative estimate of drug-likeness (QED) is 0.778. The second kappa shape index (κ2) is 6.57. The molecule has 3 heteroatoms. The first-order valence-corrected chi connectivity index (χ1v) is 7.56. The van der Waals surface area contributed by atoms with E-state index in [-0.39, 0.29) is 0 Å². The Labute approximate surface area is 128 Å². The zero-order valence-corrected chi connectivity index (χ0v) is 12.2. The van der Waals surface area contributed by atoms with Crippen LogP contribution in [-0.2, 0) is 0 Å². The molecule has 1 atom stereocenters. The molecule has 0 aliphatic rings. The first-order chi connectivity index (χ1) is 10.3. The minimum Gasteiger partial charge on any atom is -0.384 e. The number of aromatic nitrogens is 1. The van der Waals surface area contributed by atoms with Crippen LogP contribution in [0.5, 0.6) is 0 Å². The van der Waals surface area contributed by atoms with E-state index in [0.29, 0.717) is 0 Å². The Morgan fingerprint density at radius 3 is 2.05 bits per heavy atom. The lowest BCUT2D eigenvalue weighted by molar-refractivity contribution is 0.219. The van der Waals surface area contributed by atoms with E-state index in [1.54, 1.807) is 18.0 Å². The largest absolute Gasteiger partial charge is 0.384 e. The average Bonchev–Trinajstić information content (AvgIpc) is 2.57. The van der Waals surface area contributed by atoms with Crippen molar-refractivity contribution in [3.05, 3.63) is 90.1 Å². The molecule has 2 aromatic carbocycles. The molecule has 3 rings (SSSR count).